The lowest BCUT2D eigenvalue weighted by atomic mass is 9.84. The molecule has 2 fully saturated rings. The topological polar surface area (TPSA) is 92.7 Å². The number of nitrogens with zero attached hydrogens (tertiary/aromatic N) is 4. The van der Waals surface area contributed by atoms with Crippen molar-refractivity contribution >= 4 is 10.0 Å². The predicted molar refractivity (Wildman–Crippen MR) is 128 cm³/mol. The molecule has 1 aromatic carbocycles. The molecule has 5 rings (SSSR count). The zero-order valence-corrected chi connectivity index (χ0v) is 20.7. The molecule has 2 aromatic heterocycles. The largest absolute Gasteiger partial charge is 0.466 e. The van der Waals surface area contributed by atoms with E-state index in [0.717, 1.165) is 17.1 Å². The highest BCUT2D eigenvalue weighted by atomic mass is 32.2. The number of rotatable bonds is 6. The van der Waals surface area contributed by atoms with Crippen LogP contribution in [0.1, 0.15) is 61.0 Å². The van der Waals surface area contributed by atoms with Gasteiger partial charge in [0, 0.05) is 26.2 Å². The summed E-state index contributed by atoms with van der Waals surface area (Å²) in [4.78, 5) is 2.52. The molecule has 1 saturated heterocycles. The van der Waals surface area contributed by atoms with Gasteiger partial charge in [-0.2, -0.15) is 4.31 Å². The summed E-state index contributed by atoms with van der Waals surface area (Å²) in [5, 5.41) is 8.32. The molecule has 1 saturated carbocycles. The Hall–Kier alpha value is -2.49. The van der Waals surface area contributed by atoms with E-state index in [9.17, 15) is 8.42 Å². The molecule has 1 aliphatic carbocycles. The molecule has 0 radical (unpaired) electrons. The molecule has 2 aliphatic rings. The summed E-state index contributed by atoms with van der Waals surface area (Å²) in [6.45, 7) is 6.35. The van der Waals surface area contributed by atoms with Crippen LogP contribution in [0.25, 0.3) is 11.5 Å². The first-order chi connectivity index (χ1) is 16.4. The molecular formula is C25H32N4O4S. The SMILES string of the molecule is Cc1cc(-c2nnc(CN3CCN(S(=O)(=O)c4ccc(C5CCCCC5)cc4)CC3)o2)c(C)o1. The van der Waals surface area contributed by atoms with E-state index in [1.807, 2.05) is 32.0 Å². The van der Waals surface area contributed by atoms with Gasteiger partial charge in [0.25, 0.3) is 5.89 Å². The maximum atomic E-state index is 13.2. The second kappa shape index (κ2) is 9.64. The first kappa shape index (κ1) is 23.3. The van der Waals surface area contributed by atoms with Crippen LogP contribution >= 0.6 is 0 Å². The van der Waals surface area contributed by atoms with E-state index in [4.69, 9.17) is 8.83 Å². The van der Waals surface area contributed by atoms with Gasteiger partial charge in [-0.25, -0.2) is 8.42 Å². The fourth-order valence-corrected chi connectivity index (χ4v) is 6.51. The van der Waals surface area contributed by atoms with Gasteiger partial charge in [0.1, 0.15) is 11.5 Å². The Morgan fingerprint density at radius 1 is 0.941 bits per heavy atom. The molecule has 0 spiro atoms. The van der Waals surface area contributed by atoms with Crippen molar-refractivity contribution in [2.45, 2.75) is 63.3 Å². The molecule has 0 bridgehead atoms. The molecule has 182 valence electrons. The van der Waals surface area contributed by atoms with Gasteiger partial charge in [0.05, 0.1) is 17.0 Å². The number of piperazine rings is 1. The highest BCUT2D eigenvalue weighted by molar-refractivity contribution is 7.89. The van der Waals surface area contributed by atoms with E-state index in [2.05, 4.69) is 15.1 Å². The third-order valence-electron chi connectivity index (χ3n) is 7.02. The van der Waals surface area contributed by atoms with Gasteiger partial charge < -0.3 is 8.83 Å². The zero-order valence-electron chi connectivity index (χ0n) is 19.9. The molecule has 34 heavy (non-hydrogen) atoms. The van der Waals surface area contributed by atoms with Gasteiger partial charge >= 0.3 is 0 Å². The highest BCUT2D eigenvalue weighted by Crippen LogP contribution is 2.33. The number of sulfonamides is 1. The summed E-state index contributed by atoms with van der Waals surface area (Å²) in [6.07, 6.45) is 6.26. The van der Waals surface area contributed by atoms with Crippen molar-refractivity contribution in [3.8, 4) is 11.5 Å². The van der Waals surface area contributed by atoms with E-state index >= 15 is 0 Å². The van der Waals surface area contributed by atoms with Gasteiger partial charge in [-0.3, -0.25) is 4.90 Å². The second-order valence-corrected chi connectivity index (χ2v) is 11.4. The first-order valence-corrected chi connectivity index (χ1v) is 13.6. The molecule has 0 unspecified atom stereocenters. The highest BCUT2D eigenvalue weighted by Gasteiger charge is 2.29. The fourth-order valence-electron chi connectivity index (χ4n) is 5.09. The Bertz CT molecular complexity index is 1220. The van der Waals surface area contributed by atoms with E-state index < -0.39 is 10.0 Å². The molecular weight excluding hydrogens is 452 g/mol. The number of benzene rings is 1. The van der Waals surface area contributed by atoms with Crippen LogP contribution in [0, 0.1) is 13.8 Å². The summed E-state index contributed by atoms with van der Waals surface area (Å²) in [5.41, 5.74) is 2.07. The molecule has 8 nitrogen and oxygen atoms in total. The lowest BCUT2D eigenvalue weighted by Crippen LogP contribution is -2.48. The average molecular weight is 485 g/mol. The van der Waals surface area contributed by atoms with Crippen molar-refractivity contribution in [1.82, 2.24) is 19.4 Å². The lowest BCUT2D eigenvalue weighted by Gasteiger charge is -2.33. The van der Waals surface area contributed by atoms with Gasteiger partial charge in [0.15, 0.2) is 0 Å². The van der Waals surface area contributed by atoms with Crippen molar-refractivity contribution in [1.29, 1.82) is 0 Å². The molecule has 9 heteroatoms. The summed E-state index contributed by atoms with van der Waals surface area (Å²) in [5.74, 6) is 3.08. The standard InChI is InChI=1S/C25H32N4O4S/c1-18-16-23(19(2)32-18)25-27-26-24(33-25)17-28-12-14-29(15-13-28)34(30,31)22-10-8-21(9-11-22)20-6-4-3-5-7-20/h8-11,16,20H,3-7,12-15,17H2,1-2H3. The van der Waals surface area contributed by atoms with Crippen molar-refractivity contribution in [3.63, 3.8) is 0 Å². The summed E-state index contributed by atoms with van der Waals surface area (Å²) in [7, 11) is -3.50. The lowest BCUT2D eigenvalue weighted by molar-refractivity contribution is 0.168. The monoisotopic (exact) mass is 484 g/mol. The third kappa shape index (κ3) is 4.82. The van der Waals surface area contributed by atoms with Gasteiger partial charge in [0.2, 0.25) is 15.9 Å². The van der Waals surface area contributed by atoms with E-state index in [1.165, 1.54) is 37.7 Å². The van der Waals surface area contributed by atoms with Crippen LogP contribution in [0.5, 0.6) is 0 Å². The van der Waals surface area contributed by atoms with Crippen molar-refractivity contribution in [2.75, 3.05) is 26.2 Å². The fraction of sp³-hybridized carbons (Fsp3) is 0.520. The molecule has 1 aliphatic heterocycles. The molecule has 0 amide bonds. The van der Waals surface area contributed by atoms with Crippen LogP contribution in [-0.2, 0) is 16.6 Å². The maximum absolute atomic E-state index is 13.2. The normalized spacial score (nSPS) is 19.0. The smallest absolute Gasteiger partial charge is 0.251 e. The van der Waals surface area contributed by atoms with Crippen LogP contribution in [0.15, 0.2) is 44.1 Å². The molecule has 0 atom stereocenters. The number of aryl methyl sites for hydroxylation is 2. The quantitative estimate of drug-likeness (QED) is 0.508. The van der Waals surface area contributed by atoms with Crippen LogP contribution in [-0.4, -0.2) is 54.0 Å². The van der Waals surface area contributed by atoms with Gasteiger partial charge in [-0.05, 0) is 56.4 Å². The molecule has 0 N–H and O–H groups in total. The van der Waals surface area contributed by atoms with Gasteiger partial charge in [-0.1, -0.05) is 31.4 Å². The number of furan rings is 1. The number of hydrogen-bond acceptors (Lipinski definition) is 7. The van der Waals surface area contributed by atoms with Crippen molar-refractivity contribution in [3.05, 3.63) is 53.3 Å². The third-order valence-corrected chi connectivity index (χ3v) is 8.94. The number of hydrogen-bond donors (Lipinski definition) is 0. The molecule has 3 heterocycles. The van der Waals surface area contributed by atoms with E-state index in [1.54, 1.807) is 16.4 Å². The Labute approximate surface area is 201 Å². The second-order valence-electron chi connectivity index (χ2n) is 9.41. The predicted octanol–water partition coefficient (Wildman–Crippen LogP) is 4.50. The minimum absolute atomic E-state index is 0.382. The summed E-state index contributed by atoms with van der Waals surface area (Å²) < 4.78 is 39.3. The Morgan fingerprint density at radius 2 is 1.65 bits per heavy atom. The van der Waals surface area contributed by atoms with Crippen LogP contribution < -0.4 is 0 Å². The van der Waals surface area contributed by atoms with E-state index in [-0.39, 0.29) is 0 Å². The Balaban J connectivity index is 1.18. The van der Waals surface area contributed by atoms with Crippen LogP contribution in [0.2, 0.25) is 0 Å². The Morgan fingerprint density at radius 3 is 2.29 bits per heavy atom. The van der Waals surface area contributed by atoms with Crippen molar-refractivity contribution < 1.29 is 17.3 Å². The first-order valence-electron chi connectivity index (χ1n) is 12.1. The van der Waals surface area contributed by atoms with Crippen LogP contribution in [0.3, 0.4) is 0 Å². The minimum atomic E-state index is -3.50. The minimum Gasteiger partial charge on any atom is -0.466 e. The van der Waals surface area contributed by atoms with Crippen LogP contribution in [0.4, 0.5) is 0 Å². The van der Waals surface area contributed by atoms with Crippen molar-refractivity contribution in [2.24, 2.45) is 0 Å². The molecule has 3 aromatic rings. The number of aromatic nitrogens is 2. The summed E-state index contributed by atoms with van der Waals surface area (Å²) >= 11 is 0. The Kier molecular flexibility index (Phi) is 6.59. The summed E-state index contributed by atoms with van der Waals surface area (Å²) in [6, 6.07) is 9.47. The zero-order chi connectivity index (χ0) is 23.7. The van der Waals surface area contributed by atoms with Gasteiger partial charge in [-0.15, -0.1) is 10.2 Å². The average Bonchev–Trinajstić information content (AvgIpc) is 3.45. The van der Waals surface area contributed by atoms with E-state index in [0.29, 0.717) is 55.3 Å². The maximum Gasteiger partial charge on any atom is 0.251 e.